The van der Waals surface area contributed by atoms with E-state index in [2.05, 4.69) is 5.32 Å². The topological polar surface area (TPSA) is 86.8 Å². The first-order valence-electron chi connectivity index (χ1n) is 12.4. The molecule has 1 unspecified atom stereocenters. The first-order chi connectivity index (χ1) is 18.2. The normalized spacial score (nSPS) is 12.5. The summed E-state index contributed by atoms with van der Waals surface area (Å²) in [5, 5.41) is 3.39. The maximum Gasteiger partial charge on any atom is 0.264 e. The molecule has 1 N–H and O–H groups in total. The van der Waals surface area contributed by atoms with Gasteiger partial charge in [0.05, 0.1) is 10.6 Å². The molecular weight excluding hydrogens is 541 g/mol. The Morgan fingerprint density at radius 3 is 2.05 bits per heavy atom. The molecule has 0 aromatic heterocycles. The van der Waals surface area contributed by atoms with Crippen molar-refractivity contribution < 1.29 is 22.4 Å². The van der Waals surface area contributed by atoms with Gasteiger partial charge >= 0.3 is 0 Å². The summed E-state index contributed by atoms with van der Waals surface area (Å²) in [5.74, 6) is -1.55. The third-order valence-electron chi connectivity index (χ3n) is 5.93. The third-order valence-corrected chi connectivity index (χ3v) is 7.97. The molecule has 10 heteroatoms. The van der Waals surface area contributed by atoms with Gasteiger partial charge in [-0.05, 0) is 88.7 Å². The van der Waals surface area contributed by atoms with Crippen LogP contribution in [0.25, 0.3) is 0 Å². The summed E-state index contributed by atoms with van der Waals surface area (Å²) < 4.78 is 42.1. The molecule has 3 rings (SSSR count). The average Bonchev–Trinajstić information content (AvgIpc) is 2.86. The molecule has 0 aliphatic carbocycles. The van der Waals surface area contributed by atoms with Crippen LogP contribution in [-0.2, 0) is 26.2 Å². The lowest BCUT2D eigenvalue weighted by Crippen LogP contribution is -2.54. The number of anilines is 1. The Morgan fingerprint density at radius 1 is 0.949 bits per heavy atom. The fourth-order valence-electron chi connectivity index (χ4n) is 3.82. The predicted molar refractivity (Wildman–Crippen MR) is 151 cm³/mol. The summed E-state index contributed by atoms with van der Waals surface area (Å²) in [6.07, 6.45) is 0. The number of amides is 2. The highest BCUT2D eigenvalue weighted by Crippen LogP contribution is 2.25. The van der Waals surface area contributed by atoms with Crippen molar-refractivity contribution in [2.24, 2.45) is 0 Å². The zero-order chi connectivity index (χ0) is 29.0. The number of hydrogen-bond donors (Lipinski definition) is 1. The molecule has 1 atom stereocenters. The molecule has 0 saturated heterocycles. The van der Waals surface area contributed by atoms with Crippen molar-refractivity contribution in [1.29, 1.82) is 0 Å². The molecule has 0 saturated carbocycles. The minimum absolute atomic E-state index is 0.0204. The van der Waals surface area contributed by atoms with Crippen LogP contribution in [0.15, 0.2) is 77.7 Å². The molecule has 7 nitrogen and oxygen atoms in total. The molecule has 0 heterocycles. The van der Waals surface area contributed by atoms with Gasteiger partial charge in [0.1, 0.15) is 18.4 Å². The van der Waals surface area contributed by atoms with E-state index in [1.54, 1.807) is 43.3 Å². The number of halogens is 2. The standard InChI is InChI=1S/C29H33ClFN3O4S/c1-20-6-16-26(17-7-20)39(37,38)34(25-14-12-24(31)13-15-25)19-27(35)33(18-22-8-10-23(30)11-9-22)21(2)28(36)32-29(3,4)5/h6-17,21H,18-19H2,1-5H3,(H,32,36). The number of rotatable bonds is 9. The van der Waals surface area contributed by atoms with Crippen LogP contribution in [0.5, 0.6) is 0 Å². The van der Waals surface area contributed by atoms with Gasteiger partial charge in [0.25, 0.3) is 10.0 Å². The Morgan fingerprint density at radius 2 is 1.51 bits per heavy atom. The van der Waals surface area contributed by atoms with E-state index in [1.165, 1.54) is 29.2 Å². The first-order valence-corrected chi connectivity index (χ1v) is 14.2. The second-order valence-corrected chi connectivity index (χ2v) is 12.7. The van der Waals surface area contributed by atoms with Crippen LogP contribution in [0.4, 0.5) is 10.1 Å². The lowest BCUT2D eigenvalue weighted by Gasteiger charge is -2.33. The van der Waals surface area contributed by atoms with E-state index in [1.807, 2.05) is 27.7 Å². The Labute approximate surface area is 234 Å². The largest absolute Gasteiger partial charge is 0.350 e. The molecule has 0 radical (unpaired) electrons. The van der Waals surface area contributed by atoms with Crippen LogP contribution in [0.1, 0.15) is 38.8 Å². The molecule has 0 aliphatic heterocycles. The maximum absolute atomic E-state index is 13.8. The lowest BCUT2D eigenvalue weighted by molar-refractivity contribution is -0.140. The molecule has 39 heavy (non-hydrogen) atoms. The highest BCUT2D eigenvalue weighted by Gasteiger charge is 2.33. The minimum Gasteiger partial charge on any atom is -0.350 e. The lowest BCUT2D eigenvalue weighted by atomic mass is 10.1. The number of hydrogen-bond acceptors (Lipinski definition) is 4. The number of aryl methyl sites for hydroxylation is 1. The van der Waals surface area contributed by atoms with Gasteiger partial charge in [-0.2, -0.15) is 0 Å². The van der Waals surface area contributed by atoms with Crippen molar-refractivity contribution in [1.82, 2.24) is 10.2 Å². The SMILES string of the molecule is Cc1ccc(S(=O)(=O)N(CC(=O)N(Cc2ccc(Cl)cc2)C(C)C(=O)NC(C)(C)C)c2ccc(F)cc2)cc1. The monoisotopic (exact) mass is 573 g/mol. The Kier molecular flexibility index (Phi) is 9.40. The number of carbonyl (C=O) groups excluding carboxylic acids is 2. The Bertz CT molecular complexity index is 1400. The highest BCUT2D eigenvalue weighted by atomic mass is 35.5. The molecule has 0 aliphatic rings. The zero-order valence-corrected chi connectivity index (χ0v) is 24.2. The molecule has 2 amide bonds. The number of nitrogens with zero attached hydrogens (tertiary/aromatic N) is 2. The first kappa shape index (κ1) is 30.1. The van der Waals surface area contributed by atoms with E-state index in [-0.39, 0.29) is 23.0 Å². The summed E-state index contributed by atoms with van der Waals surface area (Å²) in [6.45, 7) is 8.33. The fourth-order valence-corrected chi connectivity index (χ4v) is 5.36. The van der Waals surface area contributed by atoms with Crippen LogP contribution in [0, 0.1) is 12.7 Å². The molecule has 3 aromatic rings. The molecule has 0 spiro atoms. The van der Waals surface area contributed by atoms with Crippen LogP contribution >= 0.6 is 11.6 Å². The van der Waals surface area contributed by atoms with Crippen LogP contribution in [-0.4, -0.2) is 43.3 Å². The smallest absolute Gasteiger partial charge is 0.264 e. The summed E-state index contributed by atoms with van der Waals surface area (Å²) in [7, 11) is -4.22. The van der Waals surface area contributed by atoms with Crippen LogP contribution in [0.2, 0.25) is 5.02 Å². The van der Waals surface area contributed by atoms with E-state index in [9.17, 15) is 22.4 Å². The van der Waals surface area contributed by atoms with Crippen LogP contribution in [0.3, 0.4) is 0 Å². The van der Waals surface area contributed by atoms with Crippen molar-refractivity contribution in [3.8, 4) is 0 Å². The summed E-state index contributed by atoms with van der Waals surface area (Å²) in [6, 6.07) is 17.0. The number of sulfonamides is 1. The van der Waals surface area contributed by atoms with E-state index >= 15 is 0 Å². The van der Waals surface area contributed by atoms with Gasteiger partial charge in [-0.3, -0.25) is 13.9 Å². The van der Waals surface area contributed by atoms with E-state index in [0.29, 0.717) is 10.6 Å². The summed E-state index contributed by atoms with van der Waals surface area (Å²) in [4.78, 5) is 28.2. The molecular formula is C29H33ClFN3O4S. The Balaban J connectivity index is 2.02. The van der Waals surface area contributed by atoms with Gasteiger partial charge in [-0.15, -0.1) is 0 Å². The zero-order valence-electron chi connectivity index (χ0n) is 22.6. The maximum atomic E-state index is 13.8. The van der Waals surface area contributed by atoms with Gasteiger partial charge < -0.3 is 10.2 Å². The van der Waals surface area contributed by atoms with Crippen molar-refractivity contribution in [2.75, 3.05) is 10.8 Å². The quantitative estimate of drug-likeness (QED) is 0.376. The van der Waals surface area contributed by atoms with Gasteiger partial charge in [0.15, 0.2) is 0 Å². The molecule has 3 aromatic carbocycles. The van der Waals surface area contributed by atoms with Gasteiger partial charge in [-0.25, -0.2) is 12.8 Å². The second-order valence-electron chi connectivity index (χ2n) is 10.4. The van der Waals surface area contributed by atoms with Gasteiger partial charge in [-0.1, -0.05) is 41.4 Å². The van der Waals surface area contributed by atoms with E-state index < -0.39 is 39.9 Å². The molecule has 0 bridgehead atoms. The van der Waals surface area contributed by atoms with Crippen LogP contribution < -0.4 is 9.62 Å². The number of carbonyl (C=O) groups is 2. The summed E-state index contributed by atoms with van der Waals surface area (Å²) >= 11 is 6.02. The third kappa shape index (κ3) is 8.03. The number of nitrogens with one attached hydrogen (secondary N) is 1. The van der Waals surface area contributed by atoms with Crippen molar-refractivity contribution in [2.45, 2.75) is 57.6 Å². The molecule has 0 fully saturated rings. The van der Waals surface area contributed by atoms with Crippen molar-refractivity contribution in [3.63, 3.8) is 0 Å². The number of benzene rings is 3. The molecule has 208 valence electrons. The Hall–Kier alpha value is -3.43. The average molecular weight is 574 g/mol. The van der Waals surface area contributed by atoms with Gasteiger partial charge in [0.2, 0.25) is 11.8 Å². The van der Waals surface area contributed by atoms with E-state index in [4.69, 9.17) is 11.6 Å². The second kappa shape index (κ2) is 12.2. The highest BCUT2D eigenvalue weighted by molar-refractivity contribution is 7.92. The predicted octanol–water partition coefficient (Wildman–Crippen LogP) is 5.31. The van der Waals surface area contributed by atoms with E-state index in [0.717, 1.165) is 22.0 Å². The van der Waals surface area contributed by atoms with Crippen molar-refractivity contribution >= 4 is 39.1 Å². The fraction of sp³-hybridized carbons (Fsp3) is 0.310. The van der Waals surface area contributed by atoms with Gasteiger partial charge in [0, 0.05) is 17.1 Å². The summed E-state index contributed by atoms with van der Waals surface area (Å²) in [5.41, 5.74) is 1.14. The minimum atomic E-state index is -4.22. The van der Waals surface area contributed by atoms with Crippen molar-refractivity contribution in [3.05, 3.63) is 94.8 Å².